The molecule has 1 atom stereocenters. The van der Waals surface area contributed by atoms with Gasteiger partial charge in [-0.05, 0) is 38.0 Å². The van der Waals surface area contributed by atoms with E-state index in [0.717, 1.165) is 6.42 Å². The van der Waals surface area contributed by atoms with E-state index in [9.17, 15) is 13.2 Å². The molecule has 1 aromatic rings. The lowest BCUT2D eigenvalue weighted by Crippen LogP contribution is -2.32. The highest BCUT2D eigenvalue weighted by Crippen LogP contribution is 2.36. The Morgan fingerprint density at radius 3 is 2.32 bits per heavy atom. The molecule has 1 nitrogen and oxygen atoms in total. The number of alkyl halides is 4. The Hall–Kier alpha value is -0.710. The molecular weight excluding hydrogens is 319 g/mol. The molecule has 1 unspecified atom stereocenters. The third-order valence-electron chi connectivity index (χ3n) is 3.34. The Labute approximate surface area is 120 Å². The molecule has 0 amide bonds. The molecule has 108 valence electrons. The fourth-order valence-corrected chi connectivity index (χ4v) is 2.58. The first-order valence-corrected chi connectivity index (χ1v) is 7.50. The first-order valence-electron chi connectivity index (χ1n) is 6.37. The molecule has 0 bridgehead atoms. The van der Waals surface area contributed by atoms with Gasteiger partial charge in [-0.3, -0.25) is 0 Å². The fourth-order valence-electron chi connectivity index (χ4n) is 2.09. The predicted octanol–water partition coefficient (Wildman–Crippen LogP) is 5.23. The van der Waals surface area contributed by atoms with Crippen LogP contribution in [0.5, 0.6) is 0 Å². The van der Waals surface area contributed by atoms with Crippen LogP contribution in [0.4, 0.5) is 18.9 Å². The zero-order valence-corrected chi connectivity index (χ0v) is 13.0. The second-order valence-corrected chi connectivity index (χ2v) is 5.08. The van der Waals surface area contributed by atoms with Crippen LogP contribution in [-0.2, 0) is 11.5 Å². The van der Waals surface area contributed by atoms with Crippen molar-refractivity contribution in [2.75, 3.05) is 11.4 Å². The SMILES string of the molecule is CCC(C)N(CC)c1ccc(CBr)c(C(F)(F)F)c1. The number of nitrogens with zero attached hydrogens (tertiary/aromatic N) is 1. The van der Waals surface area contributed by atoms with Crippen molar-refractivity contribution in [3.05, 3.63) is 29.3 Å². The fraction of sp³-hybridized carbons (Fsp3) is 0.571. The lowest BCUT2D eigenvalue weighted by Gasteiger charge is -2.30. The van der Waals surface area contributed by atoms with Crippen molar-refractivity contribution in [2.45, 2.75) is 44.7 Å². The standard InChI is InChI=1S/C14H19BrF3N/c1-4-10(3)19(5-2)12-7-6-11(9-15)13(8-12)14(16,17)18/h6-8,10H,4-5,9H2,1-3H3. The third kappa shape index (κ3) is 3.88. The van der Waals surface area contributed by atoms with E-state index in [1.807, 2.05) is 25.7 Å². The number of hydrogen-bond acceptors (Lipinski definition) is 1. The minimum Gasteiger partial charge on any atom is -0.369 e. The van der Waals surface area contributed by atoms with Gasteiger partial charge in [0.1, 0.15) is 0 Å². The Balaban J connectivity index is 3.24. The summed E-state index contributed by atoms with van der Waals surface area (Å²) in [6, 6.07) is 4.80. The van der Waals surface area contributed by atoms with E-state index >= 15 is 0 Å². The lowest BCUT2D eigenvalue weighted by atomic mass is 10.1. The monoisotopic (exact) mass is 337 g/mol. The van der Waals surface area contributed by atoms with E-state index in [0.29, 0.717) is 12.2 Å². The lowest BCUT2D eigenvalue weighted by molar-refractivity contribution is -0.138. The normalized spacial score (nSPS) is 13.4. The number of rotatable bonds is 5. The van der Waals surface area contributed by atoms with E-state index in [2.05, 4.69) is 15.9 Å². The van der Waals surface area contributed by atoms with Crippen molar-refractivity contribution in [2.24, 2.45) is 0 Å². The summed E-state index contributed by atoms with van der Waals surface area (Å²) in [6.45, 7) is 6.71. The van der Waals surface area contributed by atoms with Crippen LogP contribution in [0, 0.1) is 0 Å². The molecule has 0 N–H and O–H groups in total. The van der Waals surface area contributed by atoms with Crippen LogP contribution in [0.3, 0.4) is 0 Å². The average molecular weight is 338 g/mol. The van der Waals surface area contributed by atoms with Crippen molar-refractivity contribution < 1.29 is 13.2 Å². The van der Waals surface area contributed by atoms with Crippen molar-refractivity contribution in [1.82, 2.24) is 0 Å². The molecule has 19 heavy (non-hydrogen) atoms. The zero-order valence-electron chi connectivity index (χ0n) is 11.4. The van der Waals surface area contributed by atoms with Gasteiger partial charge in [0.05, 0.1) is 5.56 Å². The molecule has 0 radical (unpaired) electrons. The molecule has 1 rings (SSSR count). The van der Waals surface area contributed by atoms with Crippen molar-refractivity contribution in [3.63, 3.8) is 0 Å². The van der Waals surface area contributed by atoms with Crippen LogP contribution in [0.25, 0.3) is 0 Å². The first kappa shape index (κ1) is 16.3. The summed E-state index contributed by atoms with van der Waals surface area (Å²) in [6.07, 6.45) is -3.41. The van der Waals surface area contributed by atoms with Crippen LogP contribution >= 0.6 is 15.9 Å². The summed E-state index contributed by atoms with van der Waals surface area (Å²) in [7, 11) is 0. The number of halogens is 4. The molecule has 0 spiro atoms. The highest BCUT2D eigenvalue weighted by molar-refractivity contribution is 9.08. The van der Waals surface area contributed by atoms with Gasteiger partial charge >= 0.3 is 6.18 Å². The van der Waals surface area contributed by atoms with Gasteiger partial charge in [-0.1, -0.05) is 28.9 Å². The van der Waals surface area contributed by atoms with Crippen molar-refractivity contribution >= 4 is 21.6 Å². The van der Waals surface area contributed by atoms with Crippen LogP contribution in [0.2, 0.25) is 0 Å². The summed E-state index contributed by atoms with van der Waals surface area (Å²) >= 11 is 3.11. The van der Waals surface area contributed by atoms with Gasteiger partial charge in [0.25, 0.3) is 0 Å². The molecule has 5 heteroatoms. The smallest absolute Gasteiger partial charge is 0.369 e. The van der Waals surface area contributed by atoms with E-state index in [4.69, 9.17) is 0 Å². The number of hydrogen-bond donors (Lipinski definition) is 0. The quantitative estimate of drug-likeness (QED) is 0.665. The van der Waals surface area contributed by atoms with E-state index < -0.39 is 11.7 Å². The van der Waals surface area contributed by atoms with Gasteiger partial charge in [-0.15, -0.1) is 0 Å². The van der Waals surface area contributed by atoms with Crippen molar-refractivity contribution in [1.29, 1.82) is 0 Å². The van der Waals surface area contributed by atoms with Crippen LogP contribution in [0.15, 0.2) is 18.2 Å². The Kier molecular flexibility index (Phi) is 5.71. The largest absolute Gasteiger partial charge is 0.416 e. The van der Waals surface area contributed by atoms with Gasteiger partial charge in [0.2, 0.25) is 0 Å². The molecule has 0 aliphatic carbocycles. The van der Waals surface area contributed by atoms with Crippen LogP contribution in [-0.4, -0.2) is 12.6 Å². The molecule has 1 aromatic carbocycles. The second kappa shape index (κ2) is 6.64. The highest BCUT2D eigenvalue weighted by atomic mass is 79.9. The minimum absolute atomic E-state index is 0.206. The van der Waals surface area contributed by atoms with Gasteiger partial charge in [-0.2, -0.15) is 13.2 Å². The number of benzene rings is 1. The third-order valence-corrected chi connectivity index (χ3v) is 3.94. The second-order valence-electron chi connectivity index (χ2n) is 4.52. The molecule has 0 fully saturated rings. The summed E-state index contributed by atoms with van der Waals surface area (Å²) < 4.78 is 39.1. The maximum absolute atomic E-state index is 13.0. The summed E-state index contributed by atoms with van der Waals surface area (Å²) in [5.41, 5.74) is 0.356. The van der Waals surface area contributed by atoms with E-state index in [-0.39, 0.29) is 16.9 Å². The zero-order chi connectivity index (χ0) is 14.6. The van der Waals surface area contributed by atoms with Gasteiger partial charge in [-0.25, -0.2) is 0 Å². The molecule has 0 aliphatic rings. The van der Waals surface area contributed by atoms with Crippen LogP contribution in [0.1, 0.15) is 38.3 Å². The Morgan fingerprint density at radius 2 is 1.89 bits per heavy atom. The van der Waals surface area contributed by atoms with Gasteiger partial charge in [0, 0.05) is 23.6 Å². The molecule has 0 aliphatic heterocycles. The van der Waals surface area contributed by atoms with Crippen LogP contribution < -0.4 is 4.90 Å². The maximum Gasteiger partial charge on any atom is 0.416 e. The van der Waals surface area contributed by atoms with Gasteiger partial charge < -0.3 is 4.90 Å². The maximum atomic E-state index is 13.0. The Morgan fingerprint density at radius 1 is 1.26 bits per heavy atom. The summed E-state index contributed by atoms with van der Waals surface area (Å²) in [5, 5.41) is 0.206. The topological polar surface area (TPSA) is 3.24 Å². The minimum atomic E-state index is -4.31. The van der Waals surface area contributed by atoms with E-state index in [1.165, 1.54) is 6.07 Å². The van der Waals surface area contributed by atoms with Gasteiger partial charge in [0.15, 0.2) is 0 Å². The summed E-state index contributed by atoms with van der Waals surface area (Å²) in [5.74, 6) is 0. The molecular formula is C14H19BrF3N. The average Bonchev–Trinajstić information content (AvgIpc) is 2.38. The molecule has 0 saturated carbocycles. The van der Waals surface area contributed by atoms with Crippen molar-refractivity contribution in [3.8, 4) is 0 Å². The highest BCUT2D eigenvalue weighted by Gasteiger charge is 2.33. The molecule has 0 saturated heterocycles. The molecule has 0 aromatic heterocycles. The van der Waals surface area contributed by atoms with E-state index in [1.54, 1.807) is 12.1 Å². The predicted molar refractivity (Wildman–Crippen MR) is 76.8 cm³/mol. The number of anilines is 1. The Bertz CT molecular complexity index is 418. The molecule has 0 heterocycles. The first-order chi connectivity index (χ1) is 8.85. The summed E-state index contributed by atoms with van der Waals surface area (Å²) in [4.78, 5) is 1.99.